The van der Waals surface area contributed by atoms with Crippen molar-refractivity contribution in [2.75, 3.05) is 0 Å². The van der Waals surface area contributed by atoms with Gasteiger partial charge in [-0.25, -0.2) is 13.2 Å². The molecule has 0 bridgehead atoms. The molecule has 0 saturated heterocycles. The average molecular weight is 346 g/mol. The molecule has 3 rings (SSSR count). The Morgan fingerprint density at radius 1 is 1.08 bits per heavy atom. The van der Waals surface area contributed by atoms with Crippen molar-refractivity contribution in [3.63, 3.8) is 0 Å². The molecule has 1 fully saturated rings. The molecule has 1 saturated carbocycles. The number of hydrogen-bond acceptors (Lipinski definition) is 4. The fraction of sp³-hybridized carbons (Fsp3) is 0.278. The second kappa shape index (κ2) is 6.28. The minimum absolute atomic E-state index is 0.230. The fourth-order valence-corrected chi connectivity index (χ4v) is 4.07. The molecule has 2 aromatic carbocycles. The van der Waals surface area contributed by atoms with Crippen molar-refractivity contribution in [3.05, 3.63) is 59.7 Å². The minimum Gasteiger partial charge on any atom is -0.478 e. The Bertz CT molecular complexity index is 834. The van der Waals surface area contributed by atoms with E-state index in [0.29, 0.717) is 24.2 Å². The molecule has 1 aliphatic carbocycles. The predicted octanol–water partition coefficient (Wildman–Crippen LogP) is 3.14. The first-order valence-electron chi connectivity index (χ1n) is 7.68. The lowest BCUT2D eigenvalue weighted by Gasteiger charge is -2.16. The van der Waals surface area contributed by atoms with Crippen LogP contribution in [0.3, 0.4) is 0 Å². The van der Waals surface area contributed by atoms with Gasteiger partial charge in [-0.3, -0.25) is 0 Å². The Labute approximate surface area is 140 Å². The second-order valence-corrected chi connectivity index (χ2v) is 8.19. The van der Waals surface area contributed by atoms with E-state index < -0.39 is 21.9 Å². The number of carbonyl (C=O) groups is 1. The molecule has 1 unspecified atom stereocenters. The summed E-state index contributed by atoms with van der Waals surface area (Å²) in [6, 6.07) is 13.0. The molecular formula is C18H18O5S. The minimum atomic E-state index is -3.28. The van der Waals surface area contributed by atoms with Crippen LogP contribution < -0.4 is 4.74 Å². The normalized spacial score (nSPS) is 15.7. The van der Waals surface area contributed by atoms with Gasteiger partial charge in [0.05, 0.1) is 10.1 Å². The quantitative estimate of drug-likeness (QED) is 0.869. The van der Waals surface area contributed by atoms with Crippen molar-refractivity contribution >= 4 is 15.8 Å². The van der Waals surface area contributed by atoms with E-state index >= 15 is 0 Å². The van der Waals surface area contributed by atoms with E-state index in [1.54, 1.807) is 12.1 Å². The molecule has 126 valence electrons. The standard InChI is InChI=1S/C18H18O5S/c1-12-2-6-14(7-3-12)23-17(18(19)20)13-4-8-15(9-5-13)24(21,22)16-10-11-16/h2-9,16-17H,10-11H2,1H3,(H,19,20). The Kier molecular flexibility index (Phi) is 4.32. The summed E-state index contributed by atoms with van der Waals surface area (Å²) in [5, 5.41) is 9.14. The molecule has 0 heterocycles. The first kappa shape index (κ1) is 16.5. The SMILES string of the molecule is Cc1ccc(OC(C(=O)O)c2ccc(S(=O)(=O)C3CC3)cc2)cc1. The zero-order valence-corrected chi connectivity index (χ0v) is 14.0. The maximum Gasteiger partial charge on any atom is 0.349 e. The van der Waals surface area contributed by atoms with E-state index in [9.17, 15) is 18.3 Å². The third kappa shape index (κ3) is 3.43. The van der Waals surface area contributed by atoms with Crippen LogP contribution in [0.4, 0.5) is 0 Å². The topological polar surface area (TPSA) is 80.7 Å². The van der Waals surface area contributed by atoms with Gasteiger partial charge in [-0.05, 0) is 44.0 Å². The van der Waals surface area contributed by atoms with Crippen LogP contribution >= 0.6 is 0 Å². The number of sulfone groups is 1. The molecule has 0 aromatic heterocycles. The van der Waals surface area contributed by atoms with Crippen LogP contribution in [0.5, 0.6) is 5.75 Å². The molecule has 6 heteroatoms. The van der Waals surface area contributed by atoms with Crippen molar-refractivity contribution in [1.82, 2.24) is 0 Å². The van der Waals surface area contributed by atoms with Gasteiger partial charge in [0.15, 0.2) is 9.84 Å². The summed E-state index contributed by atoms with van der Waals surface area (Å²) in [5.41, 5.74) is 1.45. The van der Waals surface area contributed by atoms with Crippen LogP contribution in [0, 0.1) is 6.92 Å². The van der Waals surface area contributed by atoms with Gasteiger partial charge < -0.3 is 9.84 Å². The predicted molar refractivity (Wildman–Crippen MR) is 88.8 cm³/mol. The second-order valence-electron chi connectivity index (χ2n) is 5.96. The highest BCUT2D eigenvalue weighted by Crippen LogP contribution is 2.34. The maximum absolute atomic E-state index is 12.2. The third-order valence-electron chi connectivity index (χ3n) is 3.97. The molecule has 0 aliphatic heterocycles. The van der Waals surface area contributed by atoms with Crippen LogP contribution in [0.25, 0.3) is 0 Å². The molecule has 1 atom stereocenters. The summed E-state index contributed by atoms with van der Waals surface area (Å²) in [5.74, 6) is -0.684. The molecule has 1 aliphatic rings. The number of carboxylic acids is 1. The van der Waals surface area contributed by atoms with Crippen LogP contribution in [-0.4, -0.2) is 24.7 Å². The van der Waals surface area contributed by atoms with Crippen molar-refractivity contribution in [1.29, 1.82) is 0 Å². The first-order chi connectivity index (χ1) is 11.4. The van der Waals surface area contributed by atoms with Crippen molar-refractivity contribution < 1.29 is 23.1 Å². The molecule has 5 nitrogen and oxygen atoms in total. The lowest BCUT2D eigenvalue weighted by Crippen LogP contribution is -2.18. The molecule has 2 aromatic rings. The lowest BCUT2D eigenvalue weighted by atomic mass is 10.1. The summed E-state index contributed by atoms with van der Waals surface area (Å²) < 4.78 is 29.9. The van der Waals surface area contributed by atoms with Crippen molar-refractivity contribution in [3.8, 4) is 5.75 Å². The lowest BCUT2D eigenvalue weighted by molar-refractivity contribution is -0.145. The van der Waals surface area contributed by atoms with E-state index in [-0.39, 0.29) is 10.1 Å². The van der Waals surface area contributed by atoms with Crippen LogP contribution in [0.2, 0.25) is 0 Å². The first-order valence-corrected chi connectivity index (χ1v) is 9.22. The summed E-state index contributed by atoms with van der Waals surface area (Å²) in [7, 11) is -3.28. The highest BCUT2D eigenvalue weighted by Gasteiger charge is 2.37. The smallest absolute Gasteiger partial charge is 0.349 e. The fourth-order valence-electron chi connectivity index (χ4n) is 2.42. The largest absolute Gasteiger partial charge is 0.478 e. The van der Waals surface area contributed by atoms with Gasteiger partial charge in [-0.15, -0.1) is 0 Å². The molecule has 1 N–H and O–H groups in total. The van der Waals surface area contributed by atoms with Gasteiger partial charge in [0.1, 0.15) is 5.75 Å². The number of aryl methyl sites for hydroxylation is 1. The summed E-state index contributed by atoms with van der Waals surface area (Å²) >= 11 is 0. The zero-order valence-electron chi connectivity index (χ0n) is 13.2. The zero-order chi connectivity index (χ0) is 17.3. The van der Waals surface area contributed by atoms with Gasteiger partial charge >= 0.3 is 5.97 Å². The molecule has 24 heavy (non-hydrogen) atoms. The van der Waals surface area contributed by atoms with E-state index in [1.807, 2.05) is 19.1 Å². The maximum atomic E-state index is 12.2. The van der Waals surface area contributed by atoms with Crippen molar-refractivity contribution in [2.24, 2.45) is 0 Å². The highest BCUT2D eigenvalue weighted by molar-refractivity contribution is 7.92. The van der Waals surface area contributed by atoms with Crippen LogP contribution in [0.15, 0.2) is 53.4 Å². The molecule has 0 spiro atoms. The number of carboxylic acid groups (broad SMARTS) is 1. The molecule has 0 amide bonds. The number of aliphatic carboxylic acids is 1. The van der Waals surface area contributed by atoms with Crippen LogP contribution in [-0.2, 0) is 14.6 Å². The van der Waals surface area contributed by atoms with Gasteiger partial charge in [0, 0.05) is 5.56 Å². The van der Waals surface area contributed by atoms with E-state index in [4.69, 9.17) is 4.74 Å². The Morgan fingerprint density at radius 3 is 2.17 bits per heavy atom. The number of benzene rings is 2. The number of hydrogen-bond donors (Lipinski definition) is 1. The van der Waals surface area contributed by atoms with Crippen LogP contribution in [0.1, 0.15) is 30.1 Å². The monoisotopic (exact) mass is 346 g/mol. The number of ether oxygens (including phenoxy) is 1. The third-order valence-corrected chi connectivity index (χ3v) is 6.25. The Hall–Kier alpha value is -2.34. The summed E-state index contributed by atoms with van der Waals surface area (Å²) in [4.78, 5) is 11.8. The average Bonchev–Trinajstić information content (AvgIpc) is 3.39. The van der Waals surface area contributed by atoms with E-state index in [1.165, 1.54) is 24.3 Å². The molecule has 0 radical (unpaired) electrons. The van der Waals surface area contributed by atoms with Gasteiger partial charge in [0.25, 0.3) is 0 Å². The number of rotatable bonds is 6. The van der Waals surface area contributed by atoms with Crippen molar-refractivity contribution in [2.45, 2.75) is 36.0 Å². The van der Waals surface area contributed by atoms with E-state index in [2.05, 4.69) is 0 Å². The van der Waals surface area contributed by atoms with Gasteiger partial charge in [-0.2, -0.15) is 0 Å². The highest BCUT2D eigenvalue weighted by atomic mass is 32.2. The van der Waals surface area contributed by atoms with Gasteiger partial charge in [0.2, 0.25) is 6.10 Å². The Morgan fingerprint density at radius 2 is 1.67 bits per heavy atom. The summed E-state index contributed by atoms with van der Waals surface area (Å²) in [6.45, 7) is 1.93. The molecular weight excluding hydrogens is 328 g/mol. The van der Waals surface area contributed by atoms with E-state index in [0.717, 1.165) is 5.56 Å². The summed E-state index contributed by atoms with van der Waals surface area (Å²) in [6.07, 6.45) is 0.196. The Balaban J connectivity index is 1.83. The van der Waals surface area contributed by atoms with Gasteiger partial charge in [-0.1, -0.05) is 29.8 Å².